The number of fused-ring (bicyclic) bond motifs is 1. The van der Waals surface area contributed by atoms with Crippen molar-refractivity contribution in [3.8, 4) is 6.07 Å². The average Bonchev–Trinajstić information content (AvgIpc) is 3.08. The molecule has 37 heavy (non-hydrogen) atoms. The number of carbonyl (C=O) groups is 3. The highest BCUT2D eigenvalue weighted by atomic mass is 32.2. The number of rotatable bonds is 8. The molecule has 1 saturated carbocycles. The van der Waals surface area contributed by atoms with Crippen molar-refractivity contribution in [3.05, 3.63) is 0 Å². The van der Waals surface area contributed by atoms with Crippen LogP contribution >= 0.6 is 0 Å². The standard InChI is InChI=1S/C23H34F3N5O5S/c1-21(2,3)17(30-37(35,36)11-23(24,25)26)20(34)31-10-14-15(22(14,4)5)16(31)19(33)29-13(9-27)8-12-6-7-28-18(12)32/h12-17,30H,6-8,10-11H2,1-5H3,(H,28,32)(H,29,33)/t12-,13-,14-,15-,16-,17+/m0/s1. The van der Waals surface area contributed by atoms with Gasteiger partial charge in [0.05, 0.1) is 6.07 Å². The summed E-state index contributed by atoms with van der Waals surface area (Å²) < 4.78 is 64.8. The predicted octanol–water partition coefficient (Wildman–Crippen LogP) is 0.900. The number of carbonyl (C=O) groups excluding carboxylic acids is 3. The number of amides is 3. The van der Waals surface area contributed by atoms with Crippen molar-refractivity contribution in [3.63, 3.8) is 0 Å². The minimum absolute atomic E-state index is 0.0688. The van der Waals surface area contributed by atoms with Gasteiger partial charge in [0, 0.05) is 19.0 Å². The van der Waals surface area contributed by atoms with Gasteiger partial charge in [0.2, 0.25) is 27.7 Å². The van der Waals surface area contributed by atoms with Crippen LogP contribution in [-0.4, -0.2) is 74.2 Å². The van der Waals surface area contributed by atoms with Gasteiger partial charge in [-0.25, -0.2) is 13.1 Å². The second-order valence-corrected chi connectivity index (χ2v) is 13.6. The molecule has 6 atom stereocenters. The van der Waals surface area contributed by atoms with Crippen molar-refractivity contribution >= 4 is 27.7 Å². The number of sulfonamides is 1. The molecule has 208 valence electrons. The quantitative estimate of drug-likeness (QED) is 0.410. The number of alkyl halides is 3. The average molecular weight is 550 g/mol. The van der Waals surface area contributed by atoms with Crippen molar-refractivity contribution in [2.75, 3.05) is 18.8 Å². The lowest BCUT2D eigenvalue weighted by Gasteiger charge is -2.37. The third-order valence-electron chi connectivity index (χ3n) is 7.68. The number of likely N-dealkylation sites (tertiary alicyclic amines) is 1. The van der Waals surface area contributed by atoms with Crippen LogP contribution in [0.1, 0.15) is 47.5 Å². The van der Waals surface area contributed by atoms with Gasteiger partial charge >= 0.3 is 6.18 Å². The number of nitriles is 1. The minimum Gasteiger partial charge on any atom is -0.356 e. The second kappa shape index (κ2) is 9.72. The van der Waals surface area contributed by atoms with E-state index in [1.54, 1.807) is 0 Å². The zero-order valence-electron chi connectivity index (χ0n) is 21.5. The van der Waals surface area contributed by atoms with Crippen LogP contribution in [0.5, 0.6) is 0 Å². The number of halogens is 3. The van der Waals surface area contributed by atoms with Gasteiger partial charge in [-0.2, -0.15) is 18.4 Å². The summed E-state index contributed by atoms with van der Waals surface area (Å²) in [6.07, 6.45) is -4.36. The third-order valence-corrected chi connectivity index (χ3v) is 8.98. The highest BCUT2D eigenvalue weighted by Crippen LogP contribution is 2.65. The Morgan fingerprint density at radius 1 is 1.27 bits per heavy atom. The Morgan fingerprint density at radius 3 is 2.38 bits per heavy atom. The van der Waals surface area contributed by atoms with Crippen LogP contribution in [-0.2, 0) is 24.4 Å². The Bertz CT molecular complexity index is 1100. The molecule has 3 aliphatic rings. The highest BCUT2D eigenvalue weighted by Gasteiger charge is 2.70. The van der Waals surface area contributed by atoms with Gasteiger partial charge in [-0.3, -0.25) is 14.4 Å². The molecule has 0 aromatic carbocycles. The second-order valence-electron chi connectivity index (χ2n) is 11.9. The number of piperidine rings is 1. The van der Waals surface area contributed by atoms with Gasteiger partial charge in [0.25, 0.3) is 0 Å². The van der Waals surface area contributed by atoms with E-state index < -0.39 is 63.2 Å². The largest absolute Gasteiger partial charge is 0.404 e. The van der Waals surface area contributed by atoms with Crippen LogP contribution in [0, 0.1) is 39.9 Å². The van der Waals surface area contributed by atoms with Crippen LogP contribution in [0.3, 0.4) is 0 Å². The molecule has 0 aromatic heterocycles. The van der Waals surface area contributed by atoms with E-state index in [1.807, 2.05) is 24.6 Å². The van der Waals surface area contributed by atoms with Gasteiger partial charge in [0.15, 0.2) is 5.75 Å². The fourth-order valence-corrected chi connectivity index (χ4v) is 6.90. The number of hydrogen-bond donors (Lipinski definition) is 3. The number of nitrogens with zero attached hydrogens (tertiary/aromatic N) is 2. The normalized spacial score (nSPS) is 28.6. The zero-order chi connectivity index (χ0) is 28.1. The van der Waals surface area contributed by atoms with E-state index in [1.165, 1.54) is 25.7 Å². The Labute approximate surface area is 214 Å². The lowest BCUT2D eigenvalue weighted by molar-refractivity contribution is -0.143. The molecule has 3 rings (SSSR count). The Hall–Kier alpha value is -2.40. The first kappa shape index (κ1) is 29.2. The summed E-state index contributed by atoms with van der Waals surface area (Å²) in [5.74, 6) is -4.51. The first-order valence-electron chi connectivity index (χ1n) is 12.1. The van der Waals surface area contributed by atoms with Crippen molar-refractivity contribution in [1.29, 1.82) is 5.26 Å². The molecular weight excluding hydrogens is 515 g/mol. The summed E-state index contributed by atoms with van der Waals surface area (Å²) in [5.41, 5.74) is -1.40. The lowest BCUT2D eigenvalue weighted by atomic mass is 9.86. The van der Waals surface area contributed by atoms with Gasteiger partial charge in [-0.05, 0) is 35.5 Å². The molecule has 0 spiro atoms. The van der Waals surface area contributed by atoms with E-state index in [0.29, 0.717) is 13.0 Å². The van der Waals surface area contributed by atoms with Crippen LogP contribution in [0.2, 0.25) is 0 Å². The molecule has 0 aromatic rings. The summed E-state index contributed by atoms with van der Waals surface area (Å²) in [6.45, 7) is 9.02. The molecular formula is C23H34F3N5O5S. The molecule has 2 aliphatic heterocycles. The molecule has 1 aliphatic carbocycles. The molecule has 2 heterocycles. The van der Waals surface area contributed by atoms with Crippen LogP contribution < -0.4 is 15.4 Å². The van der Waals surface area contributed by atoms with Crippen LogP contribution in [0.25, 0.3) is 0 Å². The monoisotopic (exact) mass is 549 g/mol. The first-order chi connectivity index (χ1) is 16.8. The van der Waals surface area contributed by atoms with E-state index in [9.17, 15) is 41.2 Å². The maximum absolute atomic E-state index is 13.6. The third kappa shape index (κ3) is 6.37. The van der Waals surface area contributed by atoms with Crippen LogP contribution in [0.15, 0.2) is 0 Å². The molecule has 3 N–H and O–H groups in total. The fraction of sp³-hybridized carbons (Fsp3) is 0.826. The topological polar surface area (TPSA) is 148 Å². The Morgan fingerprint density at radius 2 is 1.89 bits per heavy atom. The molecule has 3 amide bonds. The molecule has 14 heteroatoms. The summed E-state index contributed by atoms with van der Waals surface area (Å²) in [6, 6.07) is -1.58. The molecule has 0 radical (unpaired) electrons. The fourth-order valence-electron chi connectivity index (χ4n) is 5.57. The molecule has 10 nitrogen and oxygen atoms in total. The zero-order valence-corrected chi connectivity index (χ0v) is 22.3. The SMILES string of the molecule is CC(C)(C)[C@H](NS(=O)(=O)CC(F)(F)F)C(=O)N1C[C@H]2[C@@H]([C@H]1C(=O)N[C@H](C#N)C[C@@H]1CCNC1=O)C2(C)C. The highest BCUT2D eigenvalue weighted by molar-refractivity contribution is 7.89. The van der Waals surface area contributed by atoms with E-state index in [0.717, 1.165) is 0 Å². The molecule has 0 bridgehead atoms. The van der Waals surface area contributed by atoms with Crippen molar-refractivity contribution < 1.29 is 36.0 Å². The van der Waals surface area contributed by atoms with Crippen LogP contribution in [0.4, 0.5) is 13.2 Å². The summed E-state index contributed by atoms with van der Waals surface area (Å²) in [4.78, 5) is 40.2. The van der Waals surface area contributed by atoms with E-state index >= 15 is 0 Å². The summed E-state index contributed by atoms with van der Waals surface area (Å²) in [5, 5.41) is 14.9. The van der Waals surface area contributed by atoms with E-state index in [4.69, 9.17) is 0 Å². The first-order valence-corrected chi connectivity index (χ1v) is 13.8. The summed E-state index contributed by atoms with van der Waals surface area (Å²) in [7, 11) is -4.90. The predicted molar refractivity (Wildman–Crippen MR) is 126 cm³/mol. The van der Waals surface area contributed by atoms with Crippen molar-refractivity contribution in [2.24, 2.45) is 28.6 Å². The van der Waals surface area contributed by atoms with Crippen molar-refractivity contribution in [2.45, 2.75) is 71.8 Å². The maximum atomic E-state index is 13.6. The summed E-state index contributed by atoms with van der Waals surface area (Å²) >= 11 is 0. The van der Waals surface area contributed by atoms with E-state index in [2.05, 4.69) is 10.6 Å². The van der Waals surface area contributed by atoms with Crippen molar-refractivity contribution in [1.82, 2.24) is 20.3 Å². The Balaban J connectivity index is 1.82. The Kier molecular flexibility index (Phi) is 7.66. The molecule has 2 saturated heterocycles. The minimum atomic E-state index is -5.00. The van der Waals surface area contributed by atoms with Gasteiger partial charge in [-0.1, -0.05) is 34.6 Å². The molecule has 0 unspecified atom stereocenters. The molecule has 3 fully saturated rings. The number of hydrogen-bond acceptors (Lipinski definition) is 6. The van der Waals surface area contributed by atoms with Gasteiger partial charge in [0.1, 0.15) is 18.1 Å². The lowest BCUT2D eigenvalue weighted by Crippen LogP contribution is -2.60. The number of nitrogens with one attached hydrogen (secondary N) is 3. The van der Waals surface area contributed by atoms with Gasteiger partial charge in [-0.15, -0.1) is 0 Å². The van der Waals surface area contributed by atoms with E-state index in [-0.39, 0.29) is 36.1 Å². The van der Waals surface area contributed by atoms with Gasteiger partial charge < -0.3 is 15.5 Å². The maximum Gasteiger partial charge on any atom is 0.404 e. The smallest absolute Gasteiger partial charge is 0.356 e.